The molecule has 0 saturated carbocycles. The first-order valence-corrected chi connectivity index (χ1v) is 9.11. The predicted molar refractivity (Wildman–Crippen MR) is 105 cm³/mol. The molecular weight excluding hydrogens is 358 g/mol. The van der Waals surface area contributed by atoms with Gasteiger partial charge >= 0.3 is 5.97 Å². The summed E-state index contributed by atoms with van der Waals surface area (Å²) >= 11 is 0. The van der Waals surface area contributed by atoms with E-state index in [0.717, 1.165) is 33.4 Å². The largest absolute Gasteiger partial charge is 0.492 e. The molecular formula is C22H23NO5. The summed E-state index contributed by atoms with van der Waals surface area (Å²) in [5.74, 6) is -0.105. The summed E-state index contributed by atoms with van der Waals surface area (Å²) in [4.78, 5) is 23.9. The molecule has 0 radical (unpaired) electrons. The lowest BCUT2D eigenvalue weighted by atomic mass is 10.0. The number of amides is 1. The first-order chi connectivity index (χ1) is 13.5. The van der Waals surface area contributed by atoms with Crippen molar-refractivity contribution >= 4 is 22.8 Å². The Balaban J connectivity index is 1.40. The average molecular weight is 381 g/mol. The number of benzene rings is 2. The molecule has 0 aliphatic rings. The van der Waals surface area contributed by atoms with Crippen LogP contribution in [0.25, 0.3) is 11.0 Å². The van der Waals surface area contributed by atoms with Gasteiger partial charge in [-0.1, -0.05) is 30.3 Å². The predicted octanol–water partition coefficient (Wildman–Crippen LogP) is 3.33. The highest BCUT2D eigenvalue weighted by molar-refractivity contribution is 5.89. The van der Waals surface area contributed by atoms with Crippen LogP contribution in [0.1, 0.15) is 16.7 Å². The highest BCUT2D eigenvalue weighted by Crippen LogP contribution is 2.26. The van der Waals surface area contributed by atoms with E-state index in [1.807, 2.05) is 56.3 Å². The topological polar surface area (TPSA) is 77.8 Å². The number of nitrogens with one attached hydrogen (secondary N) is 1. The van der Waals surface area contributed by atoms with E-state index in [1.54, 1.807) is 6.26 Å². The summed E-state index contributed by atoms with van der Waals surface area (Å²) in [6.45, 7) is 4.34. The number of para-hydroxylation sites is 1. The van der Waals surface area contributed by atoms with Gasteiger partial charge in [-0.05, 0) is 37.1 Å². The van der Waals surface area contributed by atoms with Crippen molar-refractivity contribution in [2.45, 2.75) is 20.3 Å². The first kappa shape index (κ1) is 19.5. The molecule has 0 aliphatic carbocycles. The quantitative estimate of drug-likeness (QED) is 0.478. The smallest absolute Gasteiger partial charge is 0.310 e. The van der Waals surface area contributed by atoms with E-state index >= 15 is 0 Å². The number of hydrogen-bond donors (Lipinski definition) is 1. The second-order valence-electron chi connectivity index (χ2n) is 6.49. The van der Waals surface area contributed by atoms with Crippen molar-refractivity contribution in [3.05, 3.63) is 65.4 Å². The van der Waals surface area contributed by atoms with Crippen molar-refractivity contribution in [3.63, 3.8) is 0 Å². The van der Waals surface area contributed by atoms with E-state index in [2.05, 4.69) is 5.32 Å². The molecule has 6 nitrogen and oxygen atoms in total. The molecule has 146 valence electrons. The summed E-state index contributed by atoms with van der Waals surface area (Å²) in [6, 6.07) is 13.3. The Bertz CT molecular complexity index is 962. The third-order valence-electron chi connectivity index (χ3n) is 4.48. The minimum atomic E-state index is -0.475. The lowest BCUT2D eigenvalue weighted by molar-refractivity contribution is -0.147. The molecule has 0 aliphatic heterocycles. The van der Waals surface area contributed by atoms with Gasteiger partial charge in [0.1, 0.15) is 17.9 Å². The monoisotopic (exact) mass is 381 g/mol. The number of ether oxygens (including phenoxy) is 2. The van der Waals surface area contributed by atoms with Gasteiger partial charge in [-0.15, -0.1) is 0 Å². The van der Waals surface area contributed by atoms with Crippen molar-refractivity contribution in [1.29, 1.82) is 0 Å². The number of carbonyl (C=O) groups is 2. The third-order valence-corrected chi connectivity index (χ3v) is 4.48. The molecule has 0 atom stereocenters. The van der Waals surface area contributed by atoms with Crippen LogP contribution < -0.4 is 10.1 Å². The molecule has 0 bridgehead atoms. The maximum atomic E-state index is 12.1. The van der Waals surface area contributed by atoms with Crippen molar-refractivity contribution in [2.24, 2.45) is 0 Å². The van der Waals surface area contributed by atoms with Gasteiger partial charge in [0.15, 0.2) is 6.61 Å². The number of rotatable bonds is 8. The van der Waals surface area contributed by atoms with Gasteiger partial charge < -0.3 is 19.2 Å². The van der Waals surface area contributed by atoms with Gasteiger partial charge in [-0.2, -0.15) is 0 Å². The van der Waals surface area contributed by atoms with Gasteiger partial charge in [-0.3, -0.25) is 9.59 Å². The second kappa shape index (κ2) is 9.08. The first-order valence-electron chi connectivity index (χ1n) is 9.11. The molecule has 1 aromatic heterocycles. The number of carbonyl (C=O) groups excluding carboxylic acids is 2. The fourth-order valence-electron chi connectivity index (χ4n) is 2.80. The molecule has 1 amide bonds. The van der Waals surface area contributed by atoms with Crippen LogP contribution in [0.4, 0.5) is 0 Å². The highest BCUT2D eigenvalue weighted by atomic mass is 16.5. The molecule has 0 saturated heterocycles. The van der Waals surface area contributed by atoms with Gasteiger partial charge in [0.2, 0.25) is 0 Å². The summed E-state index contributed by atoms with van der Waals surface area (Å²) < 4.78 is 16.1. The standard InChI is InChI=1S/C22H23NO5/c1-15-8-9-19-17(13-28-22(19)16(15)2)12-21(25)27-14-20(24)23-10-11-26-18-6-4-3-5-7-18/h3-9,13H,10-12,14H2,1-2H3,(H,23,24). The summed E-state index contributed by atoms with van der Waals surface area (Å²) in [7, 11) is 0. The molecule has 6 heteroatoms. The molecule has 0 fully saturated rings. The Hall–Kier alpha value is -3.28. The number of esters is 1. The maximum absolute atomic E-state index is 12.1. The number of furan rings is 1. The van der Waals surface area contributed by atoms with Gasteiger partial charge in [0, 0.05) is 10.9 Å². The summed E-state index contributed by atoms with van der Waals surface area (Å²) in [6.07, 6.45) is 1.62. The second-order valence-corrected chi connectivity index (χ2v) is 6.49. The van der Waals surface area contributed by atoms with E-state index in [1.165, 1.54) is 0 Å². The van der Waals surface area contributed by atoms with Crippen LogP contribution in [-0.4, -0.2) is 31.6 Å². The minimum absolute atomic E-state index is 0.0555. The lowest BCUT2D eigenvalue weighted by Gasteiger charge is -2.08. The van der Waals surface area contributed by atoms with Crippen LogP contribution in [0.2, 0.25) is 0 Å². The van der Waals surface area contributed by atoms with Crippen LogP contribution in [0.3, 0.4) is 0 Å². The lowest BCUT2D eigenvalue weighted by Crippen LogP contribution is -2.32. The summed E-state index contributed by atoms with van der Waals surface area (Å²) in [5.41, 5.74) is 3.71. The minimum Gasteiger partial charge on any atom is -0.492 e. The van der Waals surface area contributed by atoms with Crippen LogP contribution in [0.15, 0.2) is 53.1 Å². The van der Waals surface area contributed by atoms with Gasteiger partial charge in [-0.25, -0.2) is 0 Å². The van der Waals surface area contributed by atoms with E-state index in [4.69, 9.17) is 13.9 Å². The van der Waals surface area contributed by atoms with Crippen molar-refractivity contribution in [3.8, 4) is 5.75 Å². The zero-order valence-electron chi connectivity index (χ0n) is 16.0. The van der Waals surface area contributed by atoms with Crippen molar-refractivity contribution < 1.29 is 23.5 Å². The molecule has 3 rings (SSSR count). The Morgan fingerprint density at radius 1 is 1.07 bits per heavy atom. The molecule has 3 aromatic rings. The zero-order chi connectivity index (χ0) is 19.9. The van der Waals surface area contributed by atoms with E-state index in [0.29, 0.717) is 13.2 Å². The van der Waals surface area contributed by atoms with Gasteiger partial charge in [0.05, 0.1) is 19.2 Å². The fourth-order valence-corrected chi connectivity index (χ4v) is 2.80. The van der Waals surface area contributed by atoms with E-state index in [9.17, 15) is 9.59 Å². The molecule has 2 aromatic carbocycles. The van der Waals surface area contributed by atoms with Crippen LogP contribution >= 0.6 is 0 Å². The Morgan fingerprint density at radius 2 is 1.86 bits per heavy atom. The third kappa shape index (κ3) is 4.91. The zero-order valence-corrected chi connectivity index (χ0v) is 16.0. The number of hydrogen-bond acceptors (Lipinski definition) is 5. The summed E-state index contributed by atoms with van der Waals surface area (Å²) in [5, 5.41) is 3.54. The molecule has 28 heavy (non-hydrogen) atoms. The van der Waals surface area contributed by atoms with E-state index < -0.39 is 5.97 Å². The van der Waals surface area contributed by atoms with Crippen LogP contribution in [0.5, 0.6) is 5.75 Å². The molecule has 1 N–H and O–H groups in total. The molecule has 1 heterocycles. The Kier molecular flexibility index (Phi) is 6.32. The molecule has 0 spiro atoms. The number of fused-ring (bicyclic) bond motifs is 1. The average Bonchev–Trinajstić information content (AvgIpc) is 3.10. The fraction of sp³-hybridized carbons (Fsp3) is 0.273. The molecule has 0 unspecified atom stereocenters. The Labute approximate surface area is 163 Å². The SMILES string of the molecule is Cc1ccc2c(CC(=O)OCC(=O)NCCOc3ccccc3)coc2c1C. The van der Waals surface area contributed by atoms with Crippen molar-refractivity contribution in [2.75, 3.05) is 19.8 Å². The van der Waals surface area contributed by atoms with Crippen LogP contribution in [-0.2, 0) is 20.7 Å². The normalized spacial score (nSPS) is 10.6. The number of aryl methyl sites for hydroxylation is 2. The Morgan fingerprint density at radius 3 is 2.64 bits per heavy atom. The maximum Gasteiger partial charge on any atom is 0.310 e. The van der Waals surface area contributed by atoms with E-state index in [-0.39, 0.29) is 18.9 Å². The highest BCUT2D eigenvalue weighted by Gasteiger charge is 2.14. The van der Waals surface area contributed by atoms with Gasteiger partial charge in [0.25, 0.3) is 5.91 Å². The van der Waals surface area contributed by atoms with Crippen LogP contribution in [0, 0.1) is 13.8 Å². The van der Waals surface area contributed by atoms with Crippen molar-refractivity contribution in [1.82, 2.24) is 5.32 Å².